The Morgan fingerprint density at radius 3 is 1.02 bits per heavy atom. The molecule has 0 radical (unpaired) electrons. The molecule has 1 rings (SSSR count). The number of carbonyl (C=O) groups is 2. The summed E-state index contributed by atoms with van der Waals surface area (Å²) >= 11 is 0. The number of amides is 2. The van der Waals surface area contributed by atoms with Crippen molar-refractivity contribution in [2.45, 2.75) is 182 Å². The molecule has 1 heterocycles. The molecule has 0 unspecified atom stereocenters. The summed E-state index contributed by atoms with van der Waals surface area (Å²) in [5.41, 5.74) is 1.18. The predicted octanol–water partition coefficient (Wildman–Crippen LogP) is 11.4. The van der Waals surface area contributed by atoms with Gasteiger partial charge in [0.15, 0.2) is 0 Å². The molecule has 0 saturated carbocycles. The molecule has 0 aliphatic rings. The van der Waals surface area contributed by atoms with Crippen LogP contribution in [0, 0.1) is 12.3 Å². The molecule has 0 aliphatic heterocycles. The molecule has 1 aromatic rings. The van der Waals surface area contributed by atoms with Gasteiger partial charge in [0.2, 0.25) is 0 Å². The van der Waals surface area contributed by atoms with Gasteiger partial charge in [0.1, 0.15) is 11.4 Å². The van der Waals surface area contributed by atoms with Crippen LogP contribution in [-0.2, 0) is 0 Å². The normalized spacial score (nSPS) is 11.0. The average Bonchev–Trinajstić information content (AvgIpc) is 3.08. The smallest absolute Gasteiger partial charge is 0.272 e. The summed E-state index contributed by atoms with van der Waals surface area (Å²) in [6.45, 7) is 11.9. The third-order valence-corrected chi connectivity index (χ3v) is 9.13. The zero-order valence-corrected chi connectivity index (χ0v) is 30.7. The zero-order valence-electron chi connectivity index (χ0n) is 30.7. The van der Waals surface area contributed by atoms with Crippen molar-refractivity contribution in [3.05, 3.63) is 29.1 Å². The largest absolute Gasteiger partial charge is 0.337 e. The number of rotatable bonds is 30. The molecule has 1 aromatic heterocycles. The zero-order chi connectivity index (χ0) is 33.7. The van der Waals surface area contributed by atoms with Gasteiger partial charge in [-0.3, -0.25) is 9.59 Å². The van der Waals surface area contributed by atoms with Crippen LogP contribution in [0.4, 0.5) is 0 Å². The van der Waals surface area contributed by atoms with Gasteiger partial charge in [-0.1, -0.05) is 162 Å². The molecule has 0 N–H and O–H groups in total. The van der Waals surface area contributed by atoms with Crippen LogP contribution in [-0.4, -0.2) is 52.8 Å². The summed E-state index contributed by atoms with van der Waals surface area (Å²) in [5, 5.41) is 0. The molecule has 5 nitrogen and oxygen atoms in total. The van der Waals surface area contributed by atoms with Crippen molar-refractivity contribution in [3.63, 3.8) is 0 Å². The van der Waals surface area contributed by atoms with Crippen molar-refractivity contribution in [1.29, 1.82) is 0 Å². The van der Waals surface area contributed by atoms with Gasteiger partial charge >= 0.3 is 0 Å². The maximum absolute atomic E-state index is 14.0. The molecule has 0 saturated heterocycles. The third-order valence-electron chi connectivity index (χ3n) is 9.13. The number of aromatic nitrogens is 1. The second-order valence-electron chi connectivity index (χ2n) is 13.4. The van der Waals surface area contributed by atoms with E-state index < -0.39 is 0 Å². The summed E-state index contributed by atoms with van der Waals surface area (Å²) < 4.78 is 0. The molecule has 0 spiro atoms. The molecular formula is C41H71N3O2. The number of nitrogens with zero attached hydrogens (tertiary/aromatic N) is 3. The number of carbonyl (C=O) groups excluding carboxylic acids is 2. The van der Waals surface area contributed by atoms with Crippen molar-refractivity contribution in [2.24, 2.45) is 0 Å². The molecular weight excluding hydrogens is 566 g/mol. The molecule has 46 heavy (non-hydrogen) atoms. The first kappa shape index (κ1) is 41.7. The van der Waals surface area contributed by atoms with Gasteiger partial charge in [0.25, 0.3) is 11.8 Å². The van der Waals surface area contributed by atoms with E-state index in [4.69, 9.17) is 11.4 Å². The van der Waals surface area contributed by atoms with Gasteiger partial charge in [0, 0.05) is 31.7 Å². The number of pyridine rings is 1. The van der Waals surface area contributed by atoms with Gasteiger partial charge in [-0.05, 0) is 37.8 Å². The lowest BCUT2D eigenvalue weighted by Gasteiger charge is -2.24. The maximum atomic E-state index is 14.0. The van der Waals surface area contributed by atoms with Crippen molar-refractivity contribution in [2.75, 3.05) is 26.2 Å². The highest BCUT2D eigenvalue weighted by atomic mass is 16.2. The van der Waals surface area contributed by atoms with Crippen LogP contribution in [0.25, 0.3) is 0 Å². The van der Waals surface area contributed by atoms with Crippen LogP contribution in [0.3, 0.4) is 0 Å². The highest BCUT2D eigenvalue weighted by Gasteiger charge is 2.22. The van der Waals surface area contributed by atoms with E-state index in [9.17, 15) is 9.59 Å². The molecule has 262 valence electrons. The van der Waals surface area contributed by atoms with Crippen LogP contribution in [0.15, 0.2) is 12.1 Å². The van der Waals surface area contributed by atoms with Crippen LogP contribution >= 0.6 is 0 Å². The maximum Gasteiger partial charge on any atom is 0.272 e. The fraction of sp³-hybridized carbons (Fsp3) is 0.780. The standard InChI is InChI=1S/C41H71N3O2/c1-6-11-15-19-23-27-31-43(32-28-24-20-16-12-7-2)40(45)38-35-37(10-5)36-39(42-38)41(46)44(33-29-25-21-17-13-8-3)34-30-26-22-18-14-9-4/h5,35-36H,6-9,11-34H2,1-4H3. The molecule has 0 aromatic carbocycles. The van der Waals surface area contributed by atoms with Gasteiger partial charge < -0.3 is 9.80 Å². The summed E-state index contributed by atoms with van der Waals surface area (Å²) in [4.78, 5) is 36.6. The summed E-state index contributed by atoms with van der Waals surface area (Å²) in [6, 6.07) is 3.42. The Balaban J connectivity index is 3.06. The van der Waals surface area contributed by atoms with Crippen molar-refractivity contribution < 1.29 is 9.59 Å². The molecule has 0 atom stereocenters. The van der Waals surface area contributed by atoms with Crippen LogP contribution < -0.4 is 0 Å². The van der Waals surface area contributed by atoms with E-state index in [1.54, 1.807) is 12.1 Å². The minimum absolute atomic E-state index is 0.0911. The molecule has 2 amide bonds. The molecule has 0 fully saturated rings. The average molecular weight is 638 g/mol. The van der Waals surface area contributed by atoms with E-state index in [0.717, 1.165) is 77.5 Å². The highest BCUT2D eigenvalue weighted by Crippen LogP contribution is 2.16. The number of hydrogen-bond acceptors (Lipinski definition) is 3. The van der Waals surface area contributed by atoms with E-state index in [1.807, 2.05) is 9.80 Å². The van der Waals surface area contributed by atoms with E-state index in [1.165, 1.54) is 103 Å². The summed E-state index contributed by atoms with van der Waals surface area (Å²) in [7, 11) is 0. The minimum atomic E-state index is -0.0911. The monoisotopic (exact) mass is 638 g/mol. The second-order valence-corrected chi connectivity index (χ2v) is 13.4. The Morgan fingerprint density at radius 2 is 0.761 bits per heavy atom. The minimum Gasteiger partial charge on any atom is -0.337 e. The van der Waals surface area contributed by atoms with E-state index in [-0.39, 0.29) is 11.8 Å². The van der Waals surface area contributed by atoms with E-state index >= 15 is 0 Å². The lowest BCUT2D eigenvalue weighted by Crippen LogP contribution is -2.36. The number of terminal acetylenes is 1. The Labute approximate surface area is 285 Å². The Morgan fingerprint density at radius 1 is 0.500 bits per heavy atom. The molecule has 0 aliphatic carbocycles. The fourth-order valence-electron chi connectivity index (χ4n) is 6.12. The topological polar surface area (TPSA) is 53.5 Å². The number of unbranched alkanes of at least 4 members (excludes halogenated alkanes) is 20. The Hall–Kier alpha value is -2.35. The molecule has 0 bridgehead atoms. The highest BCUT2D eigenvalue weighted by molar-refractivity contribution is 5.97. The van der Waals surface area contributed by atoms with Gasteiger partial charge in [-0.2, -0.15) is 0 Å². The second kappa shape index (κ2) is 28.8. The third kappa shape index (κ3) is 19.3. The lowest BCUT2D eigenvalue weighted by molar-refractivity contribution is 0.0735. The van der Waals surface area contributed by atoms with E-state index in [2.05, 4.69) is 33.6 Å². The Kier molecular flexibility index (Phi) is 26.1. The van der Waals surface area contributed by atoms with Crippen molar-refractivity contribution >= 4 is 11.8 Å². The summed E-state index contributed by atoms with van der Waals surface area (Å²) in [6.07, 6.45) is 34.3. The van der Waals surface area contributed by atoms with Crippen LogP contribution in [0.1, 0.15) is 208 Å². The van der Waals surface area contributed by atoms with E-state index in [0.29, 0.717) is 17.0 Å². The van der Waals surface area contributed by atoms with Gasteiger partial charge in [-0.25, -0.2) is 4.98 Å². The van der Waals surface area contributed by atoms with Gasteiger partial charge in [0.05, 0.1) is 0 Å². The fourth-order valence-corrected chi connectivity index (χ4v) is 6.12. The molecule has 5 heteroatoms. The van der Waals surface area contributed by atoms with Crippen LogP contribution in [0.5, 0.6) is 0 Å². The SMILES string of the molecule is C#Cc1cc(C(=O)N(CCCCCCCC)CCCCCCCC)nc(C(=O)N(CCCCCCCC)CCCCCCCC)c1. The van der Waals surface area contributed by atoms with Crippen molar-refractivity contribution in [3.8, 4) is 12.3 Å². The first-order valence-electron chi connectivity index (χ1n) is 19.6. The van der Waals surface area contributed by atoms with Gasteiger partial charge in [-0.15, -0.1) is 6.42 Å². The van der Waals surface area contributed by atoms with Crippen LogP contribution in [0.2, 0.25) is 0 Å². The quantitative estimate of drug-likeness (QED) is 0.0623. The predicted molar refractivity (Wildman–Crippen MR) is 197 cm³/mol. The first-order chi connectivity index (χ1) is 22.5. The Bertz CT molecular complexity index is 855. The number of hydrogen-bond donors (Lipinski definition) is 0. The lowest BCUT2D eigenvalue weighted by atomic mass is 10.1. The summed E-state index contributed by atoms with van der Waals surface area (Å²) in [5.74, 6) is 2.52. The van der Waals surface area contributed by atoms with Crippen molar-refractivity contribution in [1.82, 2.24) is 14.8 Å². The first-order valence-corrected chi connectivity index (χ1v) is 19.6.